The molecule has 0 radical (unpaired) electrons. The molecule has 4 nitrogen and oxygen atoms in total. The molecule has 0 saturated heterocycles. The molecule has 0 amide bonds. The van der Waals surface area contributed by atoms with E-state index in [1.54, 1.807) is 6.07 Å². The summed E-state index contributed by atoms with van der Waals surface area (Å²) in [6.07, 6.45) is 1.50. The minimum absolute atomic E-state index is 0.235. The Kier molecular flexibility index (Phi) is 2.34. The molecule has 2 N–H and O–H groups in total. The first-order valence-corrected chi connectivity index (χ1v) is 5.51. The SMILES string of the molecule is O=C(O)c1ccnc(-c2cc3ccccc3[nH]2)c1. The Morgan fingerprint density at radius 2 is 2.00 bits per heavy atom. The molecule has 3 aromatic rings. The highest BCUT2D eigenvalue weighted by molar-refractivity contribution is 5.90. The molecule has 2 heterocycles. The van der Waals surface area contributed by atoms with Gasteiger partial charge in [0.05, 0.1) is 17.0 Å². The van der Waals surface area contributed by atoms with E-state index in [2.05, 4.69) is 9.97 Å². The minimum Gasteiger partial charge on any atom is -0.478 e. The van der Waals surface area contributed by atoms with E-state index in [0.29, 0.717) is 5.69 Å². The maximum absolute atomic E-state index is 10.9. The topological polar surface area (TPSA) is 66.0 Å². The van der Waals surface area contributed by atoms with Crippen LogP contribution in [0, 0.1) is 0 Å². The number of H-pyrrole nitrogens is 1. The molecular formula is C14H10N2O2. The summed E-state index contributed by atoms with van der Waals surface area (Å²) >= 11 is 0. The van der Waals surface area contributed by atoms with Crippen molar-refractivity contribution < 1.29 is 9.90 Å². The van der Waals surface area contributed by atoms with E-state index < -0.39 is 5.97 Å². The van der Waals surface area contributed by atoms with Gasteiger partial charge in [-0.25, -0.2) is 4.79 Å². The fourth-order valence-electron chi connectivity index (χ4n) is 1.92. The van der Waals surface area contributed by atoms with Gasteiger partial charge in [0.15, 0.2) is 0 Å². The second-order valence-electron chi connectivity index (χ2n) is 4.01. The van der Waals surface area contributed by atoms with E-state index in [1.807, 2.05) is 30.3 Å². The van der Waals surface area contributed by atoms with Crippen LogP contribution in [0.4, 0.5) is 0 Å². The third-order valence-electron chi connectivity index (χ3n) is 2.81. The molecule has 0 atom stereocenters. The van der Waals surface area contributed by atoms with E-state index in [9.17, 15) is 4.79 Å². The van der Waals surface area contributed by atoms with Crippen molar-refractivity contribution in [2.24, 2.45) is 0 Å². The number of aromatic carboxylic acids is 1. The number of fused-ring (bicyclic) bond motifs is 1. The maximum Gasteiger partial charge on any atom is 0.335 e. The predicted octanol–water partition coefficient (Wildman–Crippen LogP) is 2.93. The molecule has 0 bridgehead atoms. The lowest BCUT2D eigenvalue weighted by Crippen LogP contribution is -1.97. The highest BCUT2D eigenvalue weighted by Gasteiger charge is 2.08. The van der Waals surface area contributed by atoms with Crippen molar-refractivity contribution >= 4 is 16.9 Å². The zero-order chi connectivity index (χ0) is 12.5. The van der Waals surface area contributed by atoms with Crippen LogP contribution in [0.5, 0.6) is 0 Å². The molecule has 18 heavy (non-hydrogen) atoms. The molecule has 0 fully saturated rings. The molecule has 0 saturated carbocycles. The number of rotatable bonds is 2. The highest BCUT2D eigenvalue weighted by atomic mass is 16.4. The molecule has 1 aromatic carbocycles. The van der Waals surface area contributed by atoms with Crippen molar-refractivity contribution in [3.05, 3.63) is 54.2 Å². The molecule has 0 aliphatic rings. The Morgan fingerprint density at radius 1 is 1.17 bits per heavy atom. The molecule has 0 unspecified atom stereocenters. The van der Waals surface area contributed by atoms with Gasteiger partial charge in [-0.05, 0) is 24.3 Å². The van der Waals surface area contributed by atoms with Gasteiger partial charge < -0.3 is 10.1 Å². The van der Waals surface area contributed by atoms with Crippen molar-refractivity contribution in [3.8, 4) is 11.4 Å². The Morgan fingerprint density at radius 3 is 2.78 bits per heavy atom. The Bertz CT molecular complexity index is 698. The molecule has 2 aromatic heterocycles. The van der Waals surface area contributed by atoms with Gasteiger partial charge in [0.25, 0.3) is 0 Å². The molecule has 3 rings (SSSR count). The van der Waals surface area contributed by atoms with Crippen LogP contribution in [-0.2, 0) is 0 Å². The average Bonchev–Trinajstić information content (AvgIpc) is 2.82. The maximum atomic E-state index is 10.9. The van der Waals surface area contributed by atoms with E-state index in [1.165, 1.54) is 12.3 Å². The summed E-state index contributed by atoms with van der Waals surface area (Å²) in [7, 11) is 0. The number of benzene rings is 1. The fraction of sp³-hybridized carbons (Fsp3) is 0. The standard InChI is InChI=1S/C14H10N2O2/c17-14(18)10-5-6-15-12(8-10)13-7-9-3-1-2-4-11(9)16-13/h1-8,16H,(H,17,18). The van der Waals surface area contributed by atoms with E-state index in [0.717, 1.165) is 16.6 Å². The summed E-state index contributed by atoms with van der Waals surface area (Å²) in [6.45, 7) is 0. The van der Waals surface area contributed by atoms with E-state index in [4.69, 9.17) is 5.11 Å². The summed E-state index contributed by atoms with van der Waals surface area (Å²) in [5.41, 5.74) is 2.69. The van der Waals surface area contributed by atoms with Gasteiger partial charge in [-0.2, -0.15) is 0 Å². The summed E-state index contributed by atoms with van der Waals surface area (Å²) in [5, 5.41) is 10.0. The van der Waals surface area contributed by atoms with Gasteiger partial charge in [0.1, 0.15) is 0 Å². The van der Waals surface area contributed by atoms with Crippen LogP contribution in [0.15, 0.2) is 48.7 Å². The number of pyridine rings is 1. The minimum atomic E-state index is -0.949. The largest absolute Gasteiger partial charge is 0.478 e. The number of hydrogen-bond donors (Lipinski definition) is 2. The lowest BCUT2D eigenvalue weighted by molar-refractivity contribution is 0.0697. The van der Waals surface area contributed by atoms with Gasteiger partial charge in [0, 0.05) is 17.1 Å². The lowest BCUT2D eigenvalue weighted by atomic mass is 10.2. The number of carboxylic acid groups (broad SMARTS) is 1. The number of hydrogen-bond acceptors (Lipinski definition) is 2. The van der Waals surface area contributed by atoms with Crippen molar-refractivity contribution in [1.82, 2.24) is 9.97 Å². The summed E-state index contributed by atoms with van der Waals surface area (Å²) in [4.78, 5) is 18.3. The van der Waals surface area contributed by atoms with Crippen LogP contribution in [-0.4, -0.2) is 21.0 Å². The second kappa shape index (κ2) is 4.00. The molecule has 88 valence electrons. The average molecular weight is 238 g/mol. The zero-order valence-electron chi connectivity index (χ0n) is 9.42. The number of aromatic amines is 1. The normalized spacial score (nSPS) is 10.7. The Hall–Kier alpha value is -2.62. The number of nitrogens with one attached hydrogen (secondary N) is 1. The van der Waals surface area contributed by atoms with Gasteiger partial charge >= 0.3 is 5.97 Å². The predicted molar refractivity (Wildman–Crippen MR) is 68.5 cm³/mol. The number of carbonyl (C=O) groups is 1. The summed E-state index contributed by atoms with van der Waals surface area (Å²) in [6, 6.07) is 12.9. The van der Waals surface area contributed by atoms with E-state index >= 15 is 0 Å². The molecular weight excluding hydrogens is 228 g/mol. The number of nitrogens with zero attached hydrogens (tertiary/aromatic N) is 1. The first kappa shape index (κ1) is 10.5. The van der Waals surface area contributed by atoms with Crippen LogP contribution in [0.2, 0.25) is 0 Å². The van der Waals surface area contributed by atoms with E-state index in [-0.39, 0.29) is 5.56 Å². The second-order valence-corrected chi connectivity index (χ2v) is 4.01. The smallest absolute Gasteiger partial charge is 0.335 e. The van der Waals surface area contributed by atoms with Gasteiger partial charge in [-0.15, -0.1) is 0 Å². The number of para-hydroxylation sites is 1. The molecule has 4 heteroatoms. The third-order valence-corrected chi connectivity index (χ3v) is 2.81. The summed E-state index contributed by atoms with van der Waals surface area (Å²) < 4.78 is 0. The Labute approximate surface area is 103 Å². The highest BCUT2D eigenvalue weighted by Crippen LogP contribution is 2.22. The summed E-state index contributed by atoms with van der Waals surface area (Å²) in [5.74, 6) is -0.949. The van der Waals surface area contributed by atoms with Crippen LogP contribution in [0.3, 0.4) is 0 Å². The van der Waals surface area contributed by atoms with Crippen molar-refractivity contribution in [1.29, 1.82) is 0 Å². The molecule has 0 aliphatic carbocycles. The van der Waals surface area contributed by atoms with Crippen molar-refractivity contribution in [2.45, 2.75) is 0 Å². The van der Waals surface area contributed by atoms with Gasteiger partial charge in [0.2, 0.25) is 0 Å². The van der Waals surface area contributed by atoms with Gasteiger partial charge in [-0.3, -0.25) is 4.98 Å². The fourth-order valence-corrected chi connectivity index (χ4v) is 1.92. The van der Waals surface area contributed by atoms with Gasteiger partial charge in [-0.1, -0.05) is 18.2 Å². The van der Waals surface area contributed by atoms with Crippen molar-refractivity contribution in [3.63, 3.8) is 0 Å². The number of carboxylic acids is 1. The lowest BCUT2D eigenvalue weighted by Gasteiger charge is -1.98. The quantitative estimate of drug-likeness (QED) is 0.721. The van der Waals surface area contributed by atoms with Crippen LogP contribution >= 0.6 is 0 Å². The van der Waals surface area contributed by atoms with Crippen LogP contribution < -0.4 is 0 Å². The monoisotopic (exact) mass is 238 g/mol. The molecule has 0 spiro atoms. The molecule has 0 aliphatic heterocycles. The number of aromatic nitrogens is 2. The van der Waals surface area contributed by atoms with Crippen LogP contribution in [0.1, 0.15) is 10.4 Å². The first-order chi connectivity index (χ1) is 8.74. The zero-order valence-corrected chi connectivity index (χ0v) is 9.42. The third kappa shape index (κ3) is 1.73. The first-order valence-electron chi connectivity index (χ1n) is 5.51. The Balaban J connectivity index is 2.13. The van der Waals surface area contributed by atoms with Crippen molar-refractivity contribution in [2.75, 3.05) is 0 Å². The van der Waals surface area contributed by atoms with Crippen LogP contribution in [0.25, 0.3) is 22.3 Å².